The van der Waals surface area contributed by atoms with Gasteiger partial charge in [0.25, 0.3) is 0 Å². The molecule has 0 saturated carbocycles. The Morgan fingerprint density at radius 2 is 2.03 bits per heavy atom. The molecule has 2 aromatic carbocycles. The van der Waals surface area contributed by atoms with Crippen molar-refractivity contribution in [2.24, 2.45) is 0 Å². The second kappa shape index (κ2) is 8.74. The molecule has 9 nitrogen and oxygen atoms in total. The second-order valence-corrected chi connectivity index (χ2v) is 10.1. The molecule has 2 atom stereocenters. The summed E-state index contributed by atoms with van der Waals surface area (Å²) in [6.07, 6.45) is 3.24. The Morgan fingerprint density at radius 3 is 2.89 bits per heavy atom. The number of para-hydroxylation sites is 1. The maximum Gasteiger partial charge on any atom is 0.240 e. The summed E-state index contributed by atoms with van der Waals surface area (Å²) in [7, 11) is 3.78. The predicted molar refractivity (Wildman–Crippen MR) is 134 cm³/mol. The summed E-state index contributed by atoms with van der Waals surface area (Å²) in [6.45, 7) is 2.34. The summed E-state index contributed by atoms with van der Waals surface area (Å²) in [5, 5.41) is 8.60. The van der Waals surface area contributed by atoms with Crippen molar-refractivity contribution in [3.8, 4) is 5.75 Å². The van der Waals surface area contributed by atoms with Crippen LogP contribution in [0.25, 0.3) is 0 Å². The maximum absolute atomic E-state index is 14.5. The zero-order chi connectivity index (χ0) is 24.9. The maximum atomic E-state index is 14.5. The number of nitrogens with zero attached hydrogens (tertiary/aromatic N) is 6. The molecular weight excluding hydrogens is 456 g/mol. The van der Waals surface area contributed by atoms with E-state index in [1.807, 2.05) is 83.5 Å². The summed E-state index contributed by atoms with van der Waals surface area (Å²) >= 11 is 0. The average molecular weight is 487 g/mol. The van der Waals surface area contributed by atoms with Gasteiger partial charge >= 0.3 is 0 Å². The molecule has 1 saturated heterocycles. The van der Waals surface area contributed by atoms with Crippen LogP contribution in [0, 0.1) is 0 Å². The van der Waals surface area contributed by atoms with Crippen LogP contribution < -0.4 is 9.64 Å². The Hall–Kier alpha value is -3.72. The lowest BCUT2D eigenvalue weighted by atomic mass is 9.72. The largest absolute Gasteiger partial charge is 0.494 e. The van der Waals surface area contributed by atoms with Gasteiger partial charge in [-0.25, -0.2) is 0 Å². The number of likely N-dealkylation sites (N-methyl/N-ethyl adjacent to an activating group) is 1. The SMILES string of the molecule is CN(C)CC(=O)N1CC[C@@]23C(=O)N(Cc4cn(nn4)CCCOc4cccc(c4)[C@H]12)c1ccccc13. The van der Waals surface area contributed by atoms with Crippen LogP contribution in [0.2, 0.25) is 0 Å². The smallest absolute Gasteiger partial charge is 0.240 e. The number of fused-ring (bicyclic) bond motifs is 8. The quantitative estimate of drug-likeness (QED) is 0.553. The number of aryl methyl sites for hydroxylation is 1. The molecule has 6 rings (SSSR count). The summed E-state index contributed by atoms with van der Waals surface area (Å²) in [6, 6.07) is 15.4. The Balaban J connectivity index is 1.54. The molecule has 3 aliphatic rings. The van der Waals surface area contributed by atoms with Gasteiger partial charge in [0.05, 0.1) is 31.9 Å². The standard InChI is InChI=1S/C27H30N6O3/c1-30(2)18-24(34)32-13-11-27-22-9-3-4-10-23(22)33(26(27)35)17-20-16-31(29-28-20)12-6-14-36-21-8-5-7-19(15-21)25(27)32/h3-5,7-10,15-16,25H,6,11-14,17-18H2,1-2H3/t25-,27-/m0/s1. The molecular formula is C27H30N6O3. The number of hydrogen-bond acceptors (Lipinski definition) is 6. The number of amides is 2. The van der Waals surface area contributed by atoms with Crippen molar-refractivity contribution >= 4 is 17.5 Å². The summed E-state index contributed by atoms with van der Waals surface area (Å²) in [5.41, 5.74) is 2.62. The van der Waals surface area contributed by atoms with Gasteiger partial charge in [0, 0.05) is 25.2 Å². The van der Waals surface area contributed by atoms with E-state index >= 15 is 0 Å². The summed E-state index contributed by atoms with van der Waals surface area (Å²) in [4.78, 5) is 33.6. The first kappa shape index (κ1) is 22.7. The van der Waals surface area contributed by atoms with Crippen molar-refractivity contribution in [2.45, 2.75) is 37.4 Å². The van der Waals surface area contributed by atoms with Crippen LogP contribution >= 0.6 is 0 Å². The van der Waals surface area contributed by atoms with Crippen molar-refractivity contribution in [3.63, 3.8) is 0 Å². The van der Waals surface area contributed by atoms with E-state index in [1.165, 1.54) is 0 Å². The molecule has 186 valence electrons. The monoisotopic (exact) mass is 486 g/mol. The molecule has 36 heavy (non-hydrogen) atoms. The van der Waals surface area contributed by atoms with Gasteiger partial charge in [0.15, 0.2) is 0 Å². The highest BCUT2D eigenvalue weighted by molar-refractivity contribution is 6.09. The van der Waals surface area contributed by atoms with Gasteiger partial charge in [-0.3, -0.25) is 14.3 Å². The van der Waals surface area contributed by atoms with Crippen molar-refractivity contribution in [3.05, 3.63) is 71.5 Å². The van der Waals surface area contributed by atoms with Crippen LogP contribution in [0.4, 0.5) is 5.69 Å². The molecule has 1 fully saturated rings. The predicted octanol–water partition coefficient (Wildman–Crippen LogP) is 2.38. The topological polar surface area (TPSA) is 83.8 Å². The van der Waals surface area contributed by atoms with E-state index in [-0.39, 0.29) is 18.4 Å². The number of anilines is 1. The lowest BCUT2D eigenvalue weighted by molar-refractivity contribution is -0.134. The van der Waals surface area contributed by atoms with E-state index in [4.69, 9.17) is 4.74 Å². The molecule has 0 unspecified atom stereocenters. The molecule has 0 aliphatic carbocycles. The van der Waals surface area contributed by atoms with E-state index in [0.29, 0.717) is 32.7 Å². The molecule has 6 bridgehead atoms. The molecule has 0 N–H and O–H groups in total. The fraction of sp³-hybridized carbons (Fsp3) is 0.407. The number of benzene rings is 2. The van der Waals surface area contributed by atoms with E-state index < -0.39 is 11.5 Å². The molecule has 2 amide bonds. The minimum absolute atomic E-state index is 0.00426. The second-order valence-electron chi connectivity index (χ2n) is 10.1. The van der Waals surface area contributed by atoms with Crippen LogP contribution in [0.15, 0.2) is 54.7 Å². The first-order valence-corrected chi connectivity index (χ1v) is 12.4. The summed E-state index contributed by atoms with van der Waals surface area (Å²) < 4.78 is 7.89. The van der Waals surface area contributed by atoms with Crippen LogP contribution in [-0.4, -0.2) is 70.4 Å². The molecule has 1 spiro atoms. The Kier molecular flexibility index (Phi) is 5.52. The molecule has 9 heteroatoms. The third kappa shape index (κ3) is 3.57. The Labute approximate surface area is 210 Å². The van der Waals surface area contributed by atoms with Crippen molar-refractivity contribution in [1.29, 1.82) is 0 Å². The van der Waals surface area contributed by atoms with E-state index in [2.05, 4.69) is 10.3 Å². The van der Waals surface area contributed by atoms with E-state index in [1.54, 1.807) is 4.68 Å². The lowest BCUT2D eigenvalue weighted by Crippen LogP contribution is -2.46. The number of carbonyl (C=O) groups is 2. The lowest BCUT2D eigenvalue weighted by Gasteiger charge is -2.35. The Bertz CT molecular complexity index is 1320. The normalized spacial score (nSPS) is 23.1. The first-order chi connectivity index (χ1) is 17.5. The number of hydrogen-bond donors (Lipinski definition) is 0. The highest BCUT2D eigenvalue weighted by Crippen LogP contribution is 2.57. The fourth-order valence-corrected chi connectivity index (χ4v) is 6.01. The minimum Gasteiger partial charge on any atom is -0.494 e. The molecule has 3 aromatic rings. The third-order valence-corrected chi connectivity index (χ3v) is 7.48. The Morgan fingerprint density at radius 1 is 1.17 bits per heavy atom. The van der Waals surface area contributed by atoms with Gasteiger partial charge in [-0.1, -0.05) is 35.5 Å². The van der Waals surface area contributed by atoms with Crippen molar-refractivity contribution in [2.75, 3.05) is 38.7 Å². The van der Waals surface area contributed by atoms with Crippen LogP contribution in [0.5, 0.6) is 5.75 Å². The fourth-order valence-electron chi connectivity index (χ4n) is 6.01. The van der Waals surface area contributed by atoms with Gasteiger partial charge in [0.1, 0.15) is 16.9 Å². The highest BCUT2D eigenvalue weighted by atomic mass is 16.5. The number of carbonyl (C=O) groups excluding carboxylic acids is 2. The van der Waals surface area contributed by atoms with E-state index in [0.717, 1.165) is 34.7 Å². The zero-order valence-corrected chi connectivity index (χ0v) is 20.6. The average Bonchev–Trinajstić information content (AvgIpc) is 3.54. The molecule has 0 radical (unpaired) electrons. The van der Waals surface area contributed by atoms with Gasteiger partial charge in [0.2, 0.25) is 11.8 Å². The zero-order valence-electron chi connectivity index (χ0n) is 20.6. The van der Waals surface area contributed by atoms with Crippen molar-refractivity contribution in [1.82, 2.24) is 24.8 Å². The van der Waals surface area contributed by atoms with Crippen molar-refractivity contribution < 1.29 is 14.3 Å². The molecule has 3 aliphatic heterocycles. The molecule has 1 aromatic heterocycles. The van der Waals surface area contributed by atoms with E-state index in [9.17, 15) is 9.59 Å². The van der Waals surface area contributed by atoms with Crippen LogP contribution in [0.1, 0.15) is 35.7 Å². The first-order valence-electron chi connectivity index (χ1n) is 12.4. The van der Waals surface area contributed by atoms with Gasteiger partial charge in [-0.05, 0) is 49.8 Å². The number of likely N-dealkylation sites (tertiary alicyclic amines) is 1. The highest BCUT2D eigenvalue weighted by Gasteiger charge is 2.61. The third-order valence-electron chi connectivity index (χ3n) is 7.48. The van der Waals surface area contributed by atoms with Crippen LogP contribution in [0.3, 0.4) is 0 Å². The number of aromatic nitrogens is 3. The van der Waals surface area contributed by atoms with Gasteiger partial charge < -0.3 is 19.4 Å². The van der Waals surface area contributed by atoms with Gasteiger partial charge in [-0.2, -0.15) is 0 Å². The van der Waals surface area contributed by atoms with Crippen LogP contribution in [-0.2, 0) is 28.1 Å². The summed E-state index contributed by atoms with van der Waals surface area (Å²) in [5.74, 6) is 0.752. The van der Waals surface area contributed by atoms with Gasteiger partial charge in [-0.15, -0.1) is 5.10 Å². The molecule has 4 heterocycles. The number of ether oxygens (including phenoxy) is 1. The minimum atomic E-state index is -0.882. The number of rotatable bonds is 2.